The molecule has 2 N–H and O–H groups in total. The van der Waals surface area contributed by atoms with E-state index in [1.165, 1.54) is 0 Å². The molecular weight excluding hydrogens is 288 g/mol. The second kappa shape index (κ2) is 7.92. The molecule has 0 aliphatic rings. The zero-order chi connectivity index (χ0) is 16.7. The SMILES string of the molecule is CC(C)(C)n1cc(CNCCNC(=O)Cc2ccccc2)cn1. The van der Waals surface area contributed by atoms with Crippen molar-refractivity contribution in [3.05, 3.63) is 53.9 Å². The molecule has 0 aliphatic heterocycles. The molecule has 5 heteroatoms. The Bertz CT molecular complexity index is 613. The average molecular weight is 314 g/mol. The van der Waals surface area contributed by atoms with Gasteiger partial charge >= 0.3 is 0 Å². The normalized spacial score (nSPS) is 11.4. The van der Waals surface area contributed by atoms with Crippen molar-refractivity contribution < 1.29 is 4.79 Å². The second-order valence-corrected chi connectivity index (χ2v) is 6.65. The first-order chi connectivity index (χ1) is 10.9. The van der Waals surface area contributed by atoms with Crippen LogP contribution in [-0.4, -0.2) is 28.8 Å². The summed E-state index contributed by atoms with van der Waals surface area (Å²) in [7, 11) is 0. The predicted octanol–water partition coefficient (Wildman–Crippen LogP) is 2.09. The van der Waals surface area contributed by atoms with Crippen molar-refractivity contribution in [1.29, 1.82) is 0 Å². The summed E-state index contributed by atoms with van der Waals surface area (Å²) in [6, 6.07) is 9.77. The van der Waals surface area contributed by atoms with E-state index in [0.29, 0.717) is 13.0 Å². The van der Waals surface area contributed by atoms with Crippen molar-refractivity contribution in [1.82, 2.24) is 20.4 Å². The van der Waals surface area contributed by atoms with Crippen LogP contribution in [0, 0.1) is 0 Å². The maximum atomic E-state index is 11.8. The van der Waals surface area contributed by atoms with E-state index in [1.54, 1.807) is 0 Å². The molecule has 0 saturated heterocycles. The number of nitrogens with one attached hydrogen (secondary N) is 2. The van der Waals surface area contributed by atoms with Gasteiger partial charge < -0.3 is 10.6 Å². The van der Waals surface area contributed by atoms with Crippen molar-refractivity contribution in [2.24, 2.45) is 0 Å². The van der Waals surface area contributed by atoms with Crippen LogP contribution in [0.1, 0.15) is 31.9 Å². The first kappa shape index (κ1) is 17.2. The fourth-order valence-electron chi connectivity index (χ4n) is 2.19. The van der Waals surface area contributed by atoms with Gasteiger partial charge in [-0.1, -0.05) is 30.3 Å². The molecule has 2 rings (SSSR count). The number of carbonyl (C=O) groups excluding carboxylic acids is 1. The third kappa shape index (κ3) is 5.87. The van der Waals surface area contributed by atoms with Crippen LogP contribution >= 0.6 is 0 Å². The van der Waals surface area contributed by atoms with Crippen LogP contribution in [0.3, 0.4) is 0 Å². The molecule has 0 atom stereocenters. The quantitative estimate of drug-likeness (QED) is 0.769. The molecule has 0 aliphatic carbocycles. The van der Waals surface area contributed by atoms with E-state index in [0.717, 1.165) is 24.2 Å². The van der Waals surface area contributed by atoms with Gasteiger partial charge in [0.15, 0.2) is 0 Å². The Kier molecular flexibility index (Phi) is 5.93. The monoisotopic (exact) mass is 314 g/mol. The van der Waals surface area contributed by atoms with Crippen LogP contribution in [0.4, 0.5) is 0 Å². The number of hydrogen-bond acceptors (Lipinski definition) is 3. The molecule has 1 amide bonds. The Morgan fingerprint density at radius 3 is 2.52 bits per heavy atom. The van der Waals surface area contributed by atoms with E-state index in [2.05, 4.69) is 42.7 Å². The van der Waals surface area contributed by atoms with Crippen LogP contribution in [0.5, 0.6) is 0 Å². The fourth-order valence-corrected chi connectivity index (χ4v) is 2.19. The lowest BCUT2D eigenvalue weighted by atomic mass is 10.1. The van der Waals surface area contributed by atoms with Crippen molar-refractivity contribution in [3.63, 3.8) is 0 Å². The highest BCUT2D eigenvalue weighted by Gasteiger charge is 2.13. The van der Waals surface area contributed by atoms with E-state index in [9.17, 15) is 4.79 Å². The number of carbonyl (C=O) groups is 1. The maximum Gasteiger partial charge on any atom is 0.224 e. The molecule has 2 aromatic rings. The number of benzene rings is 1. The minimum absolute atomic E-state index is 0.00363. The lowest BCUT2D eigenvalue weighted by molar-refractivity contribution is -0.120. The minimum atomic E-state index is 0.00363. The van der Waals surface area contributed by atoms with Crippen LogP contribution in [0.25, 0.3) is 0 Å². The van der Waals surface area contributed by atoms with E-state index < -0.39 is 0 Å². The summed E-state index contributed by atoms with van der Waals surface area (Å²) < 4.78 is 1.96. The summed E-state index contributed by atoms with van der Waals surface area (Å²) in [6.45, 7) is 8.49. The largest absolute Gasteiger partial charge is 0.355 e. The summed E-state index contributed by atoms with van der Waals surface area (Å²) in [4.78, 5) is 11.8. The highest BCUT2D eigenvalue weighted by molar-refractivity contribution is 5.78. The van der Waals surface area contributed by atoms with Crippen LogP contribution in [0.15, 0.2) is 42.7 Å². The van der Waals surface area contributed by atoms with Gasteiger partial charge in [0, 0.05) is 31.4 Å². The van der Waals surface area contributed by atoms with Crippen LogP contribution < -0.4 is 10.6 Å². The maximum absolute atomic E-state index is 11.8. The highest BCUT2D eigenvalue weighted by atomic mass is 16.1. The van der Waals surface area contributed by atoms with Crippen LogP contribution in [-0.2, 0) is 23.3 Å². The molecule has 1 aromatic heterocycles. The van der Waals surface area contributed by atoms with Crippen LogP contribution in [0.2, 0.25) is 0 Å². The molecular formula is C18H26N4O. The second-order valence-electron chi connectivity index (χ2n) is 6.65. The van der Waals surface area contributed by atoms with Crippen molar-refractivity contribution in [2.75, 3.05) is 13.1 Å². The van der Waals surface area contributed by atoms with Gasteiger partial charge in [-0.2, -0.15) is 5.10 Å². The van der Waals surface area contributed by atoms with E-state index in [-0.39, 0.29) is 11.4 Å². The summed E-state index contributed by atoms with van der Waals surface area (Å²) in [5.41, 5.74) is 2.19. The molecule has 5 nitrogen and oxygen atoms in total. The number of hydrogen-bond donors (Lipinski definition) is 2. The van der Waals surface area contributed by atoms with Gasteiger partial charge in [0.05, 0.1) is 18.2 Å². The molecule has 0 fully saturated rings. The summed E-state index contributed by atoms with van der Waals surface area (Å²) in [5.74, 6) is 0.0542. The van der Waals surface area contributed by atoms with E-state index in [4.69, 9.17) is 0 Å². The van der Waals surface area contributed by atoms with Gasteiger partial charge in [0.2, 0.25) is 5.91 Å². The first-order valence-corrected chi connectivity index (χ1v) is 8.00. The lowest BCUT2D eigenvalue weighted by Crippen LogP contribution is -2.32. The van der Waals surface area contributed by atoms with Gasteiger partial charge in [0.25, 0.3) is 0 Å². The first-order valence-electron chi connectivity index (χ1n) is 8.00. The summed E-state index contributed by atoms with van der Waals surface area (Å²) in [5, 5.41) is 10.6. The molecule has 1 aromatic carbocycles. The molecule has 0 radical (unpaired) electrons. The van der Waals surface area contributed by atoms with Crippen molar-refractivity contribution in [3.8, 4) is 0 Å². The van der Waals surface area contributed by atoms with E-state index >= 15 is 0 Å². The van der Waals surface area contributed by atoms with Gasteiger partial charge in [-0.3, -0.25) is 9.48 Å². The standard InChI is InChI=1S/C18H26N4O/c1-18(2,3)22-14-16(13-21-22)12-19-9-10-20-17(23)11-15-7-5-4-6-8-15/h4-8,13-14,19H,9-12H2,1-3H3,(H,20,23). The minimum Gasteiger partial charge on any atom is -0.355 e. The summed E-state index contributed by atoms with van der Waals surface area (Å²) >= 11 is 0. The third-order valence-corrected chi connectivity index (χ3v) is 3.48. The summed E-state index contributed by atoms with van der Waals surface area (Å²) in [6.07, 6.45) is 4.37. The molecule has 0 bridgehead atoms. The van der Waals surface area contributed by atoms with Crippen molar-refractivity contribution in [2.45, 2.75) is 39.3 Å². The number of rotatable bonds is 7. The third-order valence-electron chi connectivity index (χ3n) is 3.48. The highest BCUT2D eigenvalue weighted by Crippen LogP contribution is 2.12. The molecule has 1 heterocycles. The molecule has 0 unspecified atom stereocenters. The number of amides is 1. The average Bonchev–Trinajstić information content (AvgIpc) is 2.97. The Morgan fingerprint density at radius 1 is 1.13 bits per heavy atom. The number of aromatic nitrogens is 2. The topological polar surface area (TPSA) is 59.0 Å². The Hall–Kier alpha value is -2.14. The van der Waals surface area contributed by atoms with Gasteiger partial charge in [-0.15, -0.1) is 0 Å². The number of nitrogens with zero attached hydrogens (tertiary/aromatic N) is 2. The van der Waals surface area contributed by atoms with Gasteiger partial charge in [-0.25, -0.2) is 0 Å². The van der Waals surface area contributed by atoms with Gasteiger partial charge in [-0.05, 0) is 26.3 Å². The van der Waals surface area contributed by atoms with Crippen molar-refractivity contribution >= 4 is 5.91 Å². The molecule has 0 spiro atoms. The van der Waals surface area contributed by atoms with Gasteiger partial charge in [0.1, 0.15) is 0 Å². The smallest absolute Gasteiger partial charge is 0.224 e. The van der Waals surface area contributed by atoms with E-state index in [1.807, 2.05) is 41.2 Å². The zero-order valence-corrected chi connectivity index (χ0v) is 14.2. The Labute approximate surface area is 138 Å². The Balaban J connectivity index is 1.62. The molecule has 124 valence electrons. The lowest BCUT2D eigenvalue weighted by Gasteiger charge is -2.18. The zero-order valence-electron chi connectivity index (χ0n) is 14.2. The Morgan fingerprint density at radius 2 is 1.87 bits per heavy atom. The molecule has 0 saturated carbocycles. The fraction of sp³-hybridized carbons (Fsp3) is 0.444. The predicted molar refractivity (Wildman–Crippen MR) is 92.1 cm³/mol. The molecule has 23 heavy (non-hydrogen) atoms.